The van der Waals surface area contributed by atoms with Crippen molar-refractivity contribution in [3.8, 4) is 6.07 Å². The van der Waals surface area contributed by atoms with E-state index in [0.29, 0.717) is 11.8 Å². The van der Waals surface area contributed by atoms with Crippen molar-refractivity contribution in [1.29, 1.82) is 5.26 Å². The molecule has 1 aliphatic carbocycles. The summed E-state index contributed by atoms with van der Waals surface area (Å²) in [6.07, 6.45) is 7.88. The summed E-state index contributed by atoms with van der Waals surface area (Å²) in [4.78, 5) is 7.94. The van der Waals surface area contributed by atoms with Crippen LogP contribution < -0.4 is 4.90 Å². The third kappa shape index (κ3) is 3.00. The second-order valence-corrected chi connectivity index (χ2v) is 8.07. The maximum Gasteiger partial charge on any atom is 0.243 e. The lowest BCUT2D eigenvalue weighted by Crippen LogP contribution is -2.28. The monoisotopic (exact) mass is 389 g/mol. The standard InChI is InChI=1S/C21H19N5OS/c22-12-15-13-28-17-5-3-4-16(19(15)17)21-25-24-20(27-21)14-7-10-26(11-8-14)18-6-1-2-9-23-18/h1-2,6-7,9,13,16H,3-5,8,10-11H2. The van der Waals surface area contributed by atoms with Crippen LogP contribution in [-0.4, -0.2) is 28.3 Å². The van der Waals surface area contributed by atoms with Gasteiger partial charge in [0, 0.05) is 35.1 Å². The molecule has 6 nitrogen and oxygen atoms in total. The highest BCUT2D eigenvalue weighted by Gasteiger charge is 2.31. The molecular weight excluding hydrogens is 370 g/mol. The number of aryl methyl sites for hydroxylation is 1. The van der Waals surface area contributed by atoms with Gasteiger partial charge in [-0.25, -0.2) is 4.98 Å². The van der Waals surface area contributed by atoms with E-state index >= 15 is 0 Å². The first-order valence-electron chi connectivity index (χ1n) is 9.52. The largest absolute Gasteiger partial charge is 0.420 e. The lowest BCUT2D eigenvalue weighted by Gasteiger charge is -2.26. The van der Waals surface area contributed by atoms with Crippen LogP contribution in [0, 0.1) is 11.3 Å². The fourth-order valence-electron chi connectivity index (χ4n) is 4.04. The van der Waals surface area contributed by atoms with E-state index in [9.17, 15) is 5.26 Å². The Morgan fingerprint density at radius 1 is 1.25 bits per heavy atom. The van der Waals surface area contributed by atoms with Crippen LogP contribution >= 0.6 is 11.3 Å². The van der Waals surface area contributed by atoms with Crippen LogP contribution in [0.3, 0.4) is 0 Å². The molecule has 4 heterocycles. The summed E-state index contributed by atoms with van der Waals surface area (Å²) in [5, 5.41) is 20.1. The molecule has 3 aromatic heterocycles. The average Bonchev–Trinajstić information content (AvgIpc) is 3.42. The number of nitrogens with zero attached hydrogens (tertiary/aromatic N) is 5. The second kappa shape index (κ2) is 7.21. The minimum Gasteiger partial charge on any atom is -0.420 e. The Balaban J connectivity index is 1.38. The molecule has 28 heavy (non-hydrogen) atoms. The molecule has 0 aromatic carbocycles. The second-order valence-electron chi connectivity index (χ2n) is 7.10. The van der Waals surface area contributed by atoms with Crippen LogP contribution in [-0.2, 0) is 6.42 Å². The first-order chi connectivity index (χ1) is 13.8. The topological polar surface area (TPSA) is 78.8 Å². The van der Waals surface area contributed by atoms with Crippen LogP contribution in [0.15, 0.2) is 40.3 Å². The summed E-state index contributed by atoms with van der Waals surface area (Å²) in [5.74, 6) is 2.27. The molecule has 0 radical (unpaired) electrons. The number of pyridine rings is 1. The number of rotatable bonds is 3. The van der Waals surface area contributed by atoms with Crippen LogP contribution in [0.1, 0.15) is 53.0 Å². The van der Waals surface area contributed by atoms with Gasteiger partial charge in [-0.1, -0.05) is 12.1 Å². The van der Waals surface area contributed by atoms with E-state index in [1.165, 1.54) is 4.88 Å². The third-order valence-electron chi connectivity index (χ3n) is 5.47. The summed E-state index contributed by atoms with van der Waals surface area (Å²) < 4.78 is 6.10. The first kappa shape index (κ1) is 17.1. The minimum atomic E-state index is 0.0418. The molecule has 1 atom stereocenters. The number of hydrogen-bond acceptors (Lipinski definition) is 7. The average molecular weight is 389 g/mol. The quantitative estimate of drug-likeness (QED) is 0.669. The highest BCUT2D eigenvalue weighted by molar-refractivity contribution is 7.10. The Morgan fingerprint density at radius 2 is 2.21 bits per heavy atom. The predicted octanol–water partition coefficient (Wildman–Crippen LogP) is 4.16. The van der Waals surface area contributed by atoms with E-state index in [-0.39, 0.29) is 5.92 Å². The summed E-state index contributed by atoms with van der Waals surface area (Å²) in [7, 11) is 0. The van der Waals surface area contributed by atoms with Crippen LogP contribution in [0.2, 0.25) is 0 Å². The van der Waals surface area contributed by atoms with Gasteiger partial charge in [0.05, 0.1) is 11.5 Å². The van der Waals surface area contributed by atoms with Gasteiger partial charge in [0.2, 0.25) is 11.8 Å². The van der Waals surface area contributed by atoms with Gasteiger partial charge in [0.25, 0.3) is 0 Å². The first-order valence-corrected chi connectivity index (χ1v) is 10.4. The minimum absolute atomic E-state index is 0.0418. The molecule has 140 valence electrons. The number of thiophene rings is 1. The molecule has 1 unspecified atom stereocenters. The number of aromatic nitrogens is 3. The van der Waals surface area contributed by atoms with Crippen molar-refractivity contribution >= 4 is 22.7 Å². The summed E-state index contributed by atoms with van der Waals surface area (Å²) in [6.45, 7) is 1.65. The van der Waals surface area contributed by atoms with Crippen molar-refractivity contribution < 1.29 is 4.42 Å². The summed E-state index contributed by atoms with van der Waals surface area (Å²) >= 11 is 1.67. The van der Waals surface area contributed by atoms with Gasteiger partial charge < -0.3 is 9.32 Å². The highest BCUT2D eigenvalue weighted by atomic mass is 32.1. The van der Waals surface area contributed by atoms with Crippen molar-refractivity contribution in [3.63, 3.8) is 0 Å². The molecule has 5 rings (SSSR count). The van der Waals surface area contributed by atoms with Crippen molar-refractivity contribution in [1.82, 2.24) is 15.2 Å². The van der Waals surface area contributed by atoms with Gasteiger partial charge >= 0.3 is 0 Å². The number of fused-ring (bicyclic) bond motifs is 1. The molecule has 0 fully saturated rings. The van der Waals surface area contributed by atoms with Crippen molar-refractivity contribution in [2.75, 3.05) is 18.0 Å². The van der Waals surface area contributed by atoms with Gasteiger partial charge in [-0.2, -0.15) is 5.26 Å². The Kier molecular flexibility index (Phi) is 4.41. The molecule has 1 aliphatic heterocycles. The van der Waals surface area contributed by atoms with E-state index < -0.39 is 0 Å². The van der Waals surface area contributed by atoms with E-state index in [1.54, 1.807) is 11.3 Å². The normalized spacial score (nSPS) is 19.0. The van der Waals surface area contributed by atoms with Gasteiger partial charge in [-0.15, -0.1) is 21.5 Å². The van der Waals surface area contributed by atoms with Crippen molar-refractivity contribution in [3.05, 3.63) is 63.6 Å². The van der Waals surface area contributed by atoms with Crippen molar-refractivity contribution in [2.24, 2.45) is 0 Å². The van der Waals surface area contributed by atoms with Crippen LogP contribution in [0.4, 0.5) is 5.82 Å². The zero-order valence-corrected chi connectivity index (χ0v) is 16.2. The Hall–Kier alpha value is -2.98. The zero-order chi connectivity index (χ0) is 18.9. The Bertz CT molecular complexity index is 1060. The Morgan fingerprint density at radius 3 is 3.00 bits per heavy atom. The molecule has 0 saturated heterocycles. The molecule has 2 aliphatic rings. The van der Waals surface area contributed by atoms with Gasteiger partial charge in [0.1, 0.15) is 11.9 Å². The van der Waals surface area contributed by atoms with Crippen LogP contribution in [0.25, 0.3) is 5.57 Å². The number of anilines is 1. The van der Waals surface area contributed by atoms with Gasteiger partial charge in [-0.3, -0.25) is 0 Å². The van der Waals surface area contributed by atoms with Gasteiger partial charge in [-0.05, 0) is 43.4 Å². The molecule has 0 bridgehead atoms. The fraction of sp³-hybridized carbons (Fsp3) is 0.333. The SMILES string of the molecule is N#Cc1csc2c1C(c1nnc(C3=CCN(c4ccccn4)CC3)o1)CCC2. The predicted molar refractivity (Wildman–Crippen MR) is 107 cm³/mol. The molecule has 0 saturated carbocycles. The lowest BCUT2D eigenvalue weighted by molar-refractivity contribution is 0.435. The highest BCUT2D eigenvalue weighted by Crippen LogP contribution is 2.41. The maximum atomic E-state index is 9.45. The molecule has 0 amide bonds. The van der Waals surface area contributed by atoms with Gasteiger partial charge in [0.15, 0.2) is 0 Å². The molecule has 0 N–H and O–H groups in total. The number of hydrogen-bond donors (Lipinski definition) is 0. The van der Waals surface area contributed by atoms with E-state index in [0.717, 1.165) is 61.3 Å². The Labute approximate surface area is 167 Å². The van der Waals surface area contributed by atoms with E-state index in [4.69, 9.17) is 4.42 Å². The fourth-order valence-corrected chi connectivity index (χ4v) is 5.13. The molecule has 7 heteroatoms. The molecular formula is C21H19N5OS. The van der Waals surface area contributed by atoms with E-state index in [2.05, 4.69) is 32.2 Å². The summed E-state index contributed by atoms with van der Waals surface area (Å²) in [6, 6.07) is 8.28. The molecule has 3 aromatic rings. The smallest absolute Gasteiger partial charge is 0.243 e. The maximum absolute atomic E-state index is 9.45. The zero-order valence-electron chi connectivity index (χ0n) is 15.3. The summed E-state index contributed by atoms with van der Waals surface area (Å²) in [5.41, 5.74) is 2.95. The third-order valence-corrected chi connectivity index (χ3v) is 6.53. The van der Waals surface area contributed by atoms with Crippen LogP contribution in [0.5, 0.6) is 0 Å². The molecule has 0 spiro atoms. The van der Waals surface area contributed by atoms with E-state index in [1.807, 2.05) is 29.8 Å². The van der Waals surface area contributed by atoms with Crippen molar-refractivity contribution in [2.45, 2.75) is 31.6 Å². The number of nitriles is 1. The lowest BCUT2D eigenvalue weighted by atomic mass is 9.85.